The summed E-state index contributed by atoms with van der Waals surface area (Å²) in [5.74, 6) is -0.589. The van der Waals surface area contributed by atoms with Crippen molar-refractivity contribution in [2.24, 2.45) is 0 Å². The van der Waals surface area contributed by atoms with Crippen LogP contribution in [0.4, 0.5) is 0 Å². The SMILES string of the molecule is CCOP(=O)(CCCn1nnc2c1C(=O)c1ccccc1C2=O)OCC. The van der Waals surface area contributed by atoms with Crippen LogP contribution in [0.5, 0.6) is 0 Å². The van der Waals surface area contributed by atoms with E-state index in [1.165, 1.54) is 4.68 Å². The van der Waals surface area contributed by atoms with Gasteiger partial charge in [0.05, 0.1) is 19.4 Å². The van der Waals surface area contributed by atoms with Crippen molar-refractivity contribution in [2.45, 2.75) is 26.8 Å². The Balaban J connectivity index is 1.78. The summed E-state index contributed by atoms with van der Waals surface area (Å²) < 4.78 is 24.4. The van der Waals surface area contributed by atoms with Gasteiger partial charge in [0.2, 0.25) is 11.6 Å². The summed E-state index contributed by atoms with van der Waals surface area (Å²) in [6.07, 6.45) is 0.609. The Morgan fingerprint density at radius 3 is 2.27 bits per heavy atom. The second-order valence-electron chi connectivity index (χ2n) is 5.74. The van der Waals surface area contributed by atoms with E-state index in [0.29, 0.717) is 30.8 Å². The van der Waals surface area contributed by atoms with Gasteiger partial charge in [0.25, 0.3) is 0 Å². The molecule has 1 heterocycles. The fourth-order valence-corrected chi connectivity index (χ4v) is 4.60. The molecule has 0 fully saturated rings. The Kier molecular flexibility index (Phi) is 5.46. The van der Waals surface area contributed by atoms with E-state index in [9.17, 15) is 14.2 Å². The first kappa shape index (κ1) is 18.6. The predicted octanol–water partition coefficient (Wildman–Crippen LogP) is 2.71. The van der Waals surface area contributed by atoms with E-state index in [2.05, 4.69) is 10.3 Å². The number of hydrogen-bond donors (Lipinski definition) is 0. The van der Waals surface area contributed by atoms with Gasteiger partial charge in [0.1, 0.15) is 5.69 Å². The number of ketones is 2. The minimum Gasteiger partial charge on any atom is -0.309 e. The van der Waals surface area contributed by atoms with Gasteiger partial charge < -0.3 is 9.05 Å². The minimum atomic E-state index is -3.16. The predicted molar refractivity (Wildman–Crippen MR) is 93.7 cm³/mol. The van der Waals surface area contributed by atoms with Crippen molar-refractivity contribution in [1.82, 2.24) is 15.0 Å². The molecule has 1 aliphatic carbocycles. The van der Waals surface area contributed by atoms with Gasteiger partial charge >= 0.3 is 7.60 Å². The third-order valence-electron chi connectivity index (χ3n) is 4.04. The molecule has 1 aromatic carbocycles. The van der Waals surface area contributed by atoms with Crippen LogP contribution in [0.15, 0.2) is 24.3 Å². The van der Waals surface area contributed by atoms with Gasteiger partial charge in [-0.1, -0.05) is 29.5 Å². The number of benzene rings is 1. The Labute approximate surface area is 151 Å². The average molecular weight is 377 g/mol. The summed E-state index contributed by atoms with van der Waals surface area (Å²) in [7, 11) is -3.16. The lowest BCUT2D eigenvalue weighted by Gasteiger charge is -2.17. The van der Waals surface area contributed by atoms with E-state index < -0.39 is 7.60 Å². The van der Waals surface area contributed by atoms with E-state index in [-0.39, 0.29) is 35.7 Å². The lowest BCUT2D eigenvalue weighted by atomic mass is 9.90. The fourth-order valence-electron chi connectivity index (χ4n) is 2.96. The van der Waals surface area contributed by atoms with Crippen molar-refractivity contribution in [2.75, 3.05) is 19.4 Å². The van der Waals surface area contributed by atoms with Crippen molar-refractivity contribution in [3.8, 4) is 0 Å². The van der Waals surface area contributed by atoms with Crippen LogP contribution in [0, 0.1) is 0 Å². The highest BCUT2D eigenvalue weighted by atomic mass is 31.2. The number of hydrogen-bond acceptors (Lipinski definition) is 7. The molecule has 9 heteroatoms. The Morgan fingerprint density at radius 2 is 1.65 bits per heavy atom. The van der Waals surface area contributed by atoms with E-state index in [1.807, 2.05) is 0 Å². The van der Waals surface area contributed by atoms with Gasteiger partial charge in [-0.2, -0.15) is 0 Å². The van der Waals surface area contributed by atoms with Crippen LogP contribution in [0.1, 0.15) is 52.4 Å². The molecule has 0 radical (unpaired) electrons. The number of nitrogens with zero attached hydrogens (tertiary/aromatic N) is 3. The van der Waals surface area contributed by atoms with E-state index in [0.717, 1.165) is 0 Å². The first-order valence-corrected chi connectivity index (χ1v) is 10.2. The van der Waals surface area contributed by atoms with Crippen molar-refractivity contribution in [3.05, 3.63) is 46.8 Å². The Bertz CT molecular complexity index is 882. The van der Waals surface area contributed by atoms with Gasteiger partial charge in [-0.15, -0.1) is 5.10 Å². The zero-order valence-electron chi connectivity index (χ0n) is 14.7. The highest BCUT2D eigenvalue weighted by Crippen LogP contribution is 2.48. The minimum absolute atomic E-state index is 0.0616. The molecule has 0 atom stereocenters. The maximum atomic E-state index is 12.7. The normalized spacial score (nSPS) is 13.6. The van der Waals surface area contributed by atoms with Crippen LogP contribution < -0.4 is 0 Å². The largest absolute Gasteiger partial charge is 0.330 e. The topological polar surface area (TPSA) is 100 Å². The summed E-state index contributed by atoms with van der Waals surface area (Å²) in [6.45, 7) is 4.37. The van der Waals surface area contributed by atoms with Crippen LogP contribution in [-0.4, -0.2) is 45.9 Å². The Hall–Kier alpha value is -2.15. The number of aryl methyl sites for hydroxylation is 1. The second-order valence-corrected chi connectivity index (χ2v) is 7.92. The maximum absolute atomic E-state index is 12.7. The quantitative estimate of drug-likeness (QED) is 0.556. The van der Waals surface area contributed by atoms with E-state index >= 15 is 0 Å². The molecule has 0 amide bonds. The highest BCUT2D eigenvalue weighted by Gasteiger charge is 2.35. The molecule has 0 N–H and O–H groups in total. The lowest BCUT2D eigenvalue weighted by molar-refractivity contribution is 0.0970. The molecule has 138 valence electrons. The van der Waals surface area contributed by atoms with Gasteiger partial charge in [-0.25, -0.2) is 4.68 Å². The summed E-state index contributed by atoms with van der Waals surface area (Å²) >= 11 is 0. The smallest absolute Gasteiger partial charge is 0.309 e. The van der Waals surface area contributed by atoms with Gasteiger partial charge in [-0.3, -0.25) is 14.2 Å². The van der Waals surface area contributed by atoms with Crippen molar-refractivity contribution >= 4 is 19.2 Å². The zero-order valence-corrected chi connectivity index (χ0v) is 15.6. The molecule has 26 heavy (non-hydrogen) atoms. The van der Waals surface area contributed by atoms with Crippen LogP contribution in [-0.2, 0) is 20.2 Å². The first-order valence-electron chi connectivity index (χ1n) is 8.50. The molecule has 0 saturated heterocycles. The molecule has 8 nitrogen and oxygen atoms in total. The third kappa shape index (κ3) is 3.40. The molecular weight excluding hydrogens is 357 g/mol. The average Bonchev–Trinajstić information content (AvgIpc) is 3.04. The lowest BCUT2D eigenvalue weighted by Crippen LogP contribution is -2.23. The van der Waals surface area contributed by atoms with E-state index in [4.69, 9.17) is 9.05 Å². The molecule has 0 bridgehead atoms. The van der Waals surface area contributed by atoms with Crippen LogP contribution in [0.3, 0.4) is 0 Å². The number of aromatic nitrogens is 3. The van der Waals surface area contributed by atoms with Crippen LogP contribution >= 0.6 is 7.60 Å². The van der Waals surface area contributed by atoms with Crippen LogP contribution in [0.2, 0.25) is 0 Å². The van der Waals surface area contributed by atoms with Crippen molar-refractivity contribution in [1.29, 1.82) is 0 Å². The molecule has 0 saturated carbocycles. The van der Waals surface area contributed by atoms with Gasteiger partial charge in [0, 0.05) is 17.7 Å². The fraction of sp³-hybridized carbons (Fsp3) is 0.412. The maximum Gasteiger partial charge on any atom is 0.330 e. The summed E-state index contributed by atoms with van der Waals surface area (Å²) in [5.41, 5.74) is 0.931. The van der Waals surface area contributed by atoms with Crippen molar-refractivity contribution in [3.63, 3.8) is 0 Å². The van der Waals surface area contributed by atoms with Gasteiger partial charge in [-0.05, 0) is 20.3 Å². The molecule has 1 aromatic heterocycles. The zero-order chi connectivity index (χ0) is 18.7. The number of fused-ring (bicyclic) bond motifs is 2. The molecule has 2 aromatic rings. The molecule has 3 rings (SSSR count). The van der Waals surface area contributed by atoms with Crippen molar-refractivity contribution < 1.29 is 23.2 Å². The first-order chi connectivity index (χ1) is 12.5. The Morgan fingerprint density at radius 1 is 1.04 bits per heavy atom. The monoisotopic (exact) mass is 377 g/mol. The summed E-state index contributed by atoms with van der Waals surface area (Å²) in [4.78, 5) is 25.3. The summed E-state index contributed by atoms with van der Waals surface area (Å²) in [6, 6.07) is 6.65. The molecule has 0 unspecified atom stereocenters. The number of rotatable bonds is 8. The van der Waals surface area contributed by atoms with Gasteiger partial charge in [0.15, 0.2) is 5.69 Å². The van der Waals surface area contributed by atoms with Crippen LogP contribution in [0.25, 0.3) is 0 Å². The molecule has 0 aliphatic heterocycles. The highest BCUT2D eigenvalue weighted by molar-refractivity contribution is 7.53. The second kappa shape index (κ2) is 7.61. The third-order valence-corrected chi connectivity index (χ3v) is 6.20. The number of carbonyl (C=O) groups excluding carboxylic acids is 2. The molecule has 0 spiro atoms. The van der Waals surface area contributed by atoms with E-state index in [1.54, 1.807) is 38.1 Å². The molecular formula is C17H20N3O5P. The standard InChI is InChI=1S/C17H20N3O5P/c1-3-24-26(23,25-4-2)11-7-10-20-15-14(18-19-20)16(21)12-8-5-6-9-13(12)17(15)22/h5-6,8-9H,3-4,7,10-11H2,1-2H3. The summed E-state index contributed by atoms with van der Waals surface area (Å²) in [5, 5.41) is 7.83. The molecule has 1 aliphatic rings. The number of carbonyl (C=O) groups is 2.